The van der Waals surface area contributed by atoms with Crippen LogP contribution in [0.5, 0.6) is 0 Å². The molecule has 0 saturated carbocycles. The van der Waals surface area contributed by atoms with Crippen LogP contribution in [0.3, 0.4) is 0 Å². The van der Waals surface area contributed by atoms with Crippen molar-refractivity contribution in [3.05, 3.63) is 259 Å². The van der Waals surface area contributed by atoms with E-state index in [-0.39, 0.29) is 0 Å². The van der Waals surface area contributed by atoms with E-state index in [2.05, 4.69) is 237 Å². The lowest BCUT2D eigenvalue weighted by Crippen LogP contribution is -2.28. The summed E-state index contributed by atoms with van der Waals surface area (Å²) in [6.07, 6.45) is 0. The Morgan fingerprint density at radius 1 is 0.305 bits per heavy atom. The van der Waals surface area contributed by atoms with Crippen LogP contribution in [0.25, 0.3) is 77.8 Å². The van der Waals surface area contributed by atoms with Crippen LogP contribution in [-0.2, 0) is 5.41 Å². The van der Waals surface area contributed by atoms with E-state index in [0.29, 0.717) is 0 Å². The van der Waals surface area contributed by atoms with E-state index < -0.39 is 5.41 Å². The van der Waals surface area contributed by atoms with Crippen molar-refractivity contribution in [1.29, 1.82) is 0 Å². The molecule has 0 N–H and O–H groups in total. The Balaban J connectivity index is 1.13. The zero-order chi connectivity index (χ0) is 39.2. The Bertz CT molecular complexity index is 3070. The number of benzene rings is 9. The first kappa shape index (κ1) is 34.6. The highest BCUT2D eigenvalue weighted by atomic mass is 14.7. The first-order valence-electron chi connectivity index (χ1n) is 20.4. The van der Waals surface area contributed by atoms with Gasteiger partial charge in [-0.25, -0.2) is 4.98 Å². The third-order valence-corrected chi connectivity index (χ3v) is 12.1. The fourth-order valence-electron chi connectivity index (χ4n) is 9.48. The van der Waals surface area contributed by atoms with E-state index in [4.69, 9.17) is 4.98 Å². The van der Waals surface area contributed by atoms with Gasteiger partial charge in [-0.05, 0) is 102 Å². The molecule has 0 aliphatic heterocycles. The molecular formula is C58H39N. The van der Waals surface area contributed by atoms with Crippen LogP contribution < -0.4 is 0 Å². The number of rotatable bonds is 7. The Kier molecular flexibility index (Phi) is 8.45. The van der Waals surface area contributed by atoms with E-state index in [1.165, 1.54) is 66.4 Å². The number of hydrogen-bond donors (Lipinski definition) is 0. The van der Waals surface area contributed by atoms with Gasteiger partial charge in [0.15, 0.2) is 0 Å². The van der Waals surface area contributed by atoms with Gasteiger partial charge in [0.05, 0.1) is 16.8 Å². The van der Waals surface area contributed by atoms with Crippen LogP contribution >= 0.6 is 0 Å². The van der Waals surface area contributed by atoms with Gasteiger partial charge in [0.25, 0.3) is 0 Å². The summed E-state index contributed by atoms with van der Waals surface area (Å²) in [5.41, 5.74) is 18.4. The molecule has 10 aromatic rings. The number of hydrogen-bond acceptors (Lipinski definition) is 1. The largest absolute Gasteiger partial charge is 0.248 e. The Morgan fingerprint density at radius 2 is 0.797 bits per heavy atom. The maximum Gasteiger partial charge on any atom is 0.0719 e. The summed E-state index contributed by atoms with van der Waals surface area (Å²) in [4.78, 5) is 5.26. The molecule has 59 heavy (non-hydrogen) atoms. The molecule has 0 radical (unpaired) electrons. The van der Waals surface area contributed by atoms with Crippen molar-refractivity contribution in [2.24, 2.45) is 0 Å². The summed E-state index contributed by atoms with van der Waals surface area (Å²) in [7, 11) is 0. The summed E-state index contributed by atoms with van der Waals surface area (Å²) in [6, 6.07) is 86.1. The molecule has 276 valence electrons. The lowest BCUT2D eigenvalue weighted by Gasteiger charge is -2.35. The van der Waals surface area contributed by atoms with Gasteiger partial charge >= 0.3 is 0 Å². The van der Waals surface area contributed by atoms with Gasteiger partial charge in [-0.2, -0.15) is 0 Å². The van der Waals surface area contributed by atoms with Crippen LogP contribution in [0, 0.1) is 0 Å². The molecule has 0 amide bonds. The highest BCUT2D eigenvalue weighted by Gasteiger charge is 2.48. The number of fused-ring (bicyclic) bond motifs is 5. The van der Waals surface area contributed by atoms with Crippen LogP contribution in [0.4, 0.5) is 0 Å². The lowest BCUT2D eigenvalue weighted by molar-refractivity contribution is 0.775. The Morgan fingerprint density at radius 3 is 1.47 bits per heavy atom. The quantitative estimate of drug-likeness (QED) is 0.158. The average Bonchev–Trinajstić information content (AvgIpc) is 3.65. The van der Waals surface area contributed by atoms with Crippen LogP contribution in [-0.4, -0.2) is 4.98 Å². The van der Waals surface area contributed by atoms with Crippen LogP contribution in [0.1, 0.15) is 22.3 Å². The zero-order valence-electron chi connectivity index (χ0n) is 32.5. The topological polar surface area (TPSA) is 12.9 Å². The molecule has 9 aromatic carbocycles. The molecule has 1 aliphatic rings. The van der Waals surface area contributed by atoms with Crippen molar-refractivity contribution in [3.63, 3.8) is 0 Å². The van der Waals surface area contributed by atoms with Crippen LogP contribution in [0.15, 0.2) is 237 Å². The lowest BCUT2D eigenvalue weighted by atomic mass is 9.66. The maximum absolute atomic E-state index is 5.26. The van der Waals surface area contributed by atoms with Gasteiger partial charge in [0, 0.05) is 11.1 Å². The van der Waals surface area contributed by atoms with Crippen molar-refractivity contribution in [2.45, 2.75) is 5.41 Å². The maximum atomic E-state index is 5.26. The van der Waals surface area contributed by atoms with Gasteiger partial charge in [0.2, 0.25) is 0 Å². The zero-order valence-corrected chi connectivity index (χ0v) is 32.5. The normalized spacial score (nSPS) is 12.5. The molecule has 0 bridgehead atoms. The van der Waals surface area contributed by atoms with Crippen molar-refractivity contribution in [3.8, 4) is 67.0 Å². The summed E-state index contributed by atoms with van der Waals surface area (Å²) < 4.78 is 0. The van der Waals surface area contributed by atoms with Crippen molar-refractivity contribution < 1.29 is 0 Å². The first-order valence-corrected chi connectivity index (χ1v) is 20.4. The standard InChI is InChI=1S/C58H39N/c1-5-18-40(19-6-1)41-32-34-43(35-33-41)55-39-47(38-54(59-55)42-20-7-2-8-21-42)44-23-17-24-45(36-44)52-37-46-22-13-14-29-50(46)57-56(52)51-30-15-16-31-53(51)58(57,48-25-9-3-10-26-48)49-27-11-4-12-28-49/h1-39H. The fourth-order valence-corrected chi connectivity index (χ4v) is 9.48. The summed E-state index contributed by atoms with van der Waals surface area (Å²) >= 11 is 0. The molecule has 1 nitrogen and oxygen atoms in total. The SMILES string of the molecule is c1ccc(-c2ccc(-c3cc(-c4cccc(-c5cc6ccccc6c6c5-c5ccccc5C6(c5ccccc5)c5ccccc5)c4)cc(-c4ccccc4)n3)cc2)cc1. The number of aromatic nitrogens is 1. The third kappa shape index (κ3) is 5.82. The second-order valence-electron chi connectivity index (χ2n) is 15.4. The van der Waals surface area contributed by atoms with Gasteiger partial charge < -0.3 is 0 Å². The third-order valence-electron chi connectivity index (χ3n) is 12.1. The smallest absolute Gasteiger partial charge is 0.0719 e. The van der Waals surface area contributed by atoms with E-state index in [9.17, 15) is 0 Å². The minimum absolute atomic E-state index is 0.512. The molecule has 0 fully saturated rings. The minimum atomic E-state index is -0.512. The first-order chi connectivity index (χ1) is 29.3. The monoisotopic (exact) mass is 749 g/mol. The molecular weight excluding hydrogens is 711 g/mol. The average molecular weight is 750 g/mol. The van der Waals surface area contributed by atoms with E-state index in [1.807, 2.05) is 0 Å². The van der Waals surface area contributed by atoms with Gasteiger partial charge in [-0.1, -0.05) is 212 Å². The predicted octanol–water partition coefficient (Wildman–Crippen LogP) is 14.9. The number of pyridine rings is 1. The highest BCUT2D eigenvalue weighted by molar-refractivity contribution is 6.07. The number of nitrogens with zero attached hydrogens (tertiary/aromatic N) is 1. The minimum Gasteiger partial charge on any atom is -0.248 e. The molecule has 11 rings (SSSR count). The molecule has 1 aromatic heterocycles. The molecule has 0 unspecified atom stereocenters. The molecule has 1 heteroatoms. The fraction of sp³-hybridized carbons (Fsp3) is 0.0172. The van der Waals surface area contributed by atoms with E-state index in [0.717, 1.165) is 33.6 Å². The molecule has 0 saturated heterocycles. The molecule has 1 heterocycles. The predicted molar refractivity (Wildman–Crippen MR) is 246 cm³/mol. The second kappa shape index (κ2) is 14.4. The summed E-state index contributed by atoms with van der Waals surface area (Å²) in [5.74, 6) is 0. The highest BCUT2D eigenvalue weighted by Crippen LogP contribution is 2.60. The van der Waals surface area contributed by atoms with Gasteiger partial charge in [-0.3, -0.25) is 0 Å². The Labute approximate surface area is 345 Å². The summed E-state index contributed by atoms with van der Waals surface area (Å²) in [5, 5.41) is 2.50. The van der Waals surface area contributed by atoms with E-state index in [1.54, 1.807) is 0 Å². The summed E-state index contributed by atoms with van der Waals surface area (Å²) in [6.45, 7) is 0. The molecule has 0 spiro atoms. The second-order valence-corrected chi connectivity index (χ2v) is 15.4. The van der Waals surface area contributed by atoms with E-state index >= 15 is 0 Å². The Hall–Kier alpha value is -7.61. The van der Waals surface area contributed by atoms with Gasteiger partial charge in [-0.15, -0.1) is 0 Å². The van der Waals surface area contributed by atoms with Crippen molar-refractivity contribution in [1.82, 2.24) is 4.98 Å². The van der Waals surface area contributed by atoms with Crippen molar-refractivity contribution >= 4 is 10.8 Å². The van der Waals surface area contributed by atoms with Crippen LogP contribution in [0.2, 0.25) is 0 Å². The van der Waals surface area contributed by atoms with Crippen molar-refractivity contribution in [2.75, 3.05) is 0 Å². The van der Waals surface area contributed by atoms with Gasteiger partial charge in [0.1, 0.15) is 0 Å². The molecule has 0 atom stereocenters. The molecule has 1 aliphatic carbocycles.